The Morgan fingerprint density at radius 3 is 2.35 bits per heavy atom. The third-order valence-corrected chi connectivity index (χ3v) is 7.28. The van der Waals surface area contributed by atoms with E-state index < -0.39 is 22.0 Å². The van der Waals surface area contributed by atoms with Crippen LogP contribution in [0.5, 0.6) is 0 Å². The maximum Gasteiger partial charge on any atom is 0.326 e. The molecule has 2 heterocycles. The second kappa shape index (κ2) is 7.36. The van der Waals surface area contributed by atoms with Gasteiger partial charge in [0.1, 0.15) is 6.04 Å². The van der Waals surface area contributed by atoms with Crippen LogP contribution in [0.1, 0.15) is 49.4 Å². The van der Waals surface area contributed by atoms with E-state index in [1.54, 1.807) is 0 Å². The lowest BCUT2D eigenvalue weighted by molar-refractivity contribution is -0.141. The molecule has 26 heavy (non-hydrogen) atoms. The summed E-state index contributed by atoms with van der Waals surface area (Å²) in [5.41, 5.74) is 0.309. The maximum absolute atomic E-state index is 12.8. The second-order valence-electron chi connectivity index (χ2n) is 6.98. The van der Waals surface area contributed by atoms with Crippen molar-refractivity contribution in [2.45, 2.75) is 56.0 Å². The van der Waals surface area contributed by atoms with E-state index in [0.29, 0.717) is 31.5 Å². The molecule has 0 spiro atoms. The van der Waals surface area contributed by atoms with Crippen LogP contribution in [0.3, 0.4) is 0 Å². The van der Waals surface area contributed by atoms with Gasteiger partial charge in [-0.3, -0.25) is 4.79 Å². The topological polar surface area (TPSA) is 95.0 Å². The summed E-state index contributed by atoms with van der Waals surface area (Å²) in [5.74, 6) is -1.38. The Bertz CT molecular complexity index is 790. The molecule has 0 bridgehead atoms. The van der Waals surface area contributed by atoms with Gasteiger partial charge < -0.3 is 10.0 Å². The van der Waals surface area contributed by atoms with Gasteiger partial charge in [-0.2, -0.15) is 4.31 Å². The highest BCUT2D eigenvalue weighted by Gasteiger charge is 2.35. The molecule has 0 aromatic heterocycles. The van der Waals surface area contributed by atoms with E-state index in [1.807, 2.05) is 6.92 Å². The van der Waals surface area contributed by atoms with Gasteiger partial charge in [0.2, 0.25) is 10.0 Å². The maximum atomic E-state index is 12.8. The van der Waals surface area contributed by atoms with Crippen LogP contribution in [0.2, 0.25) is 0 Å². The normalized spacial score (nSPS) is 24.6. The van der Waals surface area contributed by atoms with Crippen molar-refractivity contribution >= 4 is 21.9 Å². The highest BCUT2D eigenvalue weighted by Crippen LogP contribution is 2.26. The zero-order valence-corrected chi connectivity index (χ0v) is 15.6. The fourth-order valence-electron chi connectivity index (χ4n) is 3.77. The fourth-order valence-corrected chi connectivity index (χ4v) is 5.47. The summed E-state index contributed by atoms with van der Waals surface area (Å²) in [4.78, 5) is 25.4. The van der Waals surface area contributed by atoms with Gasteiger partial charge >= 0.3 is 5.97 Å². The molecule has 1 aromatic carbocycles. The Kier molecular flexibility index (Phi) is 5.34. The van der Waals surface area contributed by atoms with Gasteiger partial charge in [-0.05, 0) is 56.9 Å². The summed E-state index contributed by atoms with van der Waals surface area (Å²) < 4.78 is 27.2. The number of carbonyl (C=O) groups is 2. The quantitative estimate of drug-likeness (QED) is 0.861. The van der Waals surface area contributed by atoms with E-state index in [-0.39, 0.29) is 16.8 Å². The Hall–Kier alpha value is -1.93. The van der Waals surface area contributed by atoms with Crippen molar-refractivity contribution < 1.29 is 23.1 Å². The number of sulfonamides is 1. The number of carboxylic acid groups (broad SMARTS) is 1. The van der Waals surface area contributed by atoms with Crippen molar-refractivity contribution in [3.63, 3.8) is 0 Å². The van der Waals surface area contributed by atoms with E-state index in [9.17, 15) is 23.1 Å². The Balaban J connectivity index is 1.80. The number of piperidine rings is 1. The first-order valence-electron chi connectivity index (χ1n) is 8.98. The van der Waals surface area contributed by atoms with Crippen LogP contribution in [-0.4, -0.2) is 59.8 Å². The second-order valence-corrected chi connectivity index (χ2v) is 8.87. The van der Waals surface area contributed by atoms with Gasteiger partial charge in [0.15, 0.2) is 0 Å². The first-order valence-corrected chi connectivity index (χ1v) is 10.4. The molecule has 2 aliphatic rings. The van der Waals surface area contributed by atoms with Crippen molar-refractivity contribution in [1.29, 1.82) is 0 Å². The minimum Gasteiger partial charge on any atom is -0.480 e. The molecule has 7 nitrogen and oxygen atoms in total. The van der Waals surface area contributed by atoms with Crippen molar-refractivity contribution in [3.05, 3.63) is 29.8 Å². The van der Waals surface area contributed by atoms with E-state index in [4.69, 9.17) is 0 Å². The Labute approximate surface area is 153 Å². The number of carboxylic acids is 1. The monoisotopic (exact) mass is 380 g/mol. The molecule has 2 saturated heterocycles. The molecule has 8 heteroatoms. The van der Waals surface area contributed by atoms with Crippen LogP contribution in [0.4, 0.5) is 0 Å². The number of carbonyl (C=O) groups excluding carboxylic acids is 1. The third kappa shape index (κ3) is 3.48. The summed E-state index contributed by atoms with van der Waals surface area (Å²) in [6, 6.07) is 4.99. The first kappa shape index (κ1) is 18.8. The highest BCUT2D eigenvalue weighted by molar-refractivity contribution is 7.89. The van der Waals surface area contributed by atoms with Gasteiger partial charge in [-0.1, -0.05) is 6.42 Å². The van der Waals surface area contributed by atoms with Crippen LogP contribution in [0.15, 0.2) is 29.2 Å². The third-order valence-electron chi connectivity index (χ3n) is 5.25. The largest absolute Gasteiger partial charge is 0.480 e. The number of amides is 1. The number of hydrogen-bond acceptors (Lipinski definition) is 4. The Morgan fingerprint density at radius 2 is 1.73 bits per heavy atom. The smallest absolute Gasteiger partial charge is 0.326 e. The summed E-state index contributed by atoms with van der Waals surface area (Å²) in [6.07, 6.45) is 3.83. The summed E-state index contributed by atoms with van der Waals surface area (Å²) in [6.45, 7) is 2.83. The molecule has 2 fully saturated rings. The average Bonchev–Trinajstić information content (AvgIpc) is 3.11. The molecule has 0 saturated carbocycles. The van der Waals surface area contributed by atoms with Crippen molar-refractivity contribution in [1.82, 2.24) is 9.21 Å². The van der Waals surface area contributed by atoms with Crippen LogP contribution in [-0.2, 0) is 14.8 Å². The first-order chi connectivity index (χ1) is 12.3. The van der Waals surface area contributed by atoms with Gasteiger partial charge in [-0.15, -0.1) is 0 Å². The molecule has 2 atom stereocenters. The lowest BCUT2D eigenvalue weighted by atomic mass is 10.1. The van der Waals surface area contributed by atoms with Crippen LogP contribution >= 0.6 is 0 Å². The van der Waals surface area contributed by atoms with E-state index in [2.05, 4.69) is 0 Å². The molecule has 0 radical (unpaired) electrons. The lowest BCUT2D eigenvalue weighted by Crippen LogP contribution is -2.42. The molecule has 1 N–H and O–H groups in total. The zero-order chi connectivity index (χ0) is 18.9. The Morgan fingerprint density at radius 1 is 1.04 bits per heavy atom. The van der Waals surface area contributed by atoms with E-state index in [1.165, 1.54) is 33.5 Å². The minimum atomic E-state index is -3.58. The van der Waals surface area contributed by atoms with Crippen LogP contribution < -0.4 is 0 Å². The number of nitrogens with zero attached hydrogens (tertiary/aromatic N) is 2. The van der Waals surface area contributed by atoms with E-state index in [0.717, 1.165) is 19.3 Å². The highest BCUT2D eigenvalue weighted by atomic mass is 32.2. The van der Waals surface area contributed by atoms with Gasteiger partial charge in [0.25, 0.3) is 5.91 Å². The number of benzene rings is 1. The molecule has 142 valence electrons. The SMILES string of the molecule is CC1CCCCN1S(=O)(=O)c1ccc(C(=O)N2CCC[C@@H]2C(=O)O)cc1. The minimum absolute atomic E-state index is 0.0315. The van der Waals surface area contributed by atoms with Crippen LogP contribution in [0, 0.1) is 0 Å². The predicted octanol–water partition coefficient (Wildman–Crippen LogP) is 1.94. The van der Waals surface area contributed by atoms with E-state index >= 15 is 0 Å². The standard InChI is InChI=1S/C18H24N2O5S/c1-13-5-2-3-12-20(13)26(24,25)15-9-7-14(8-10-15)17(21)19-11-4-6-16(19)18(22)23/h7-10,13,16H,2-6,11-12H2,1H3,(H,22,23)/t13?,16-/m1/s1. The summed E-state index contributed by atoms with van der Waals surface area (Å²) >= 11 is 0. The number of likely N-dealkylation sites (tertiary alicyclic amines) is 1. The molecule has 1 aromatic rings. The van der Waals surface area contributed by atoms with Crippen molar-refractivity contribution in [2.24, 2.45) is 0 Å². The zero-order valence-electron chi connectivity index (χ0n) is 14.8. The number of rotatable bonds is 4. The number of aliphatic carboxylic acids is 1. The fraction of sp³-hybridized carbons (Fsp3) is 0.556. The van der Waals surface area contributed by atoms with Gasteiger partial charge in [0.05, 0.1) is 4.90 Å². The number of hydrogen-bond donors (Lipinski definition) is 1. The molecule has 2 aliphatic heterocycles. The van der Waals surface area contributed by atoms with Gasteiger partial charge in [-0.25, -0.2) is 13.2 Å². The molecular weight excluding hydrogens is 356 g/mol. The molecule has 1 amide bonds. The lowest BCUT2D eigenvalue weighted by Gasteiger charge is -2.32. The molecule has 1 unspecified atom stereocenters. The van der Waals surface area contributed by atoms with Crippen LogP contribution in [0.25, 0.3) is 0 Å². The van der Waals surface area contributed by atoms with Crippen molar-refractivity contribution in [3.8, 4) is 0 Å². The average molecular weight is 380 g/mol. The summed E-state index contributed by atoms with van der Waals surface area (Å²) in [5, 5.41) is 9.22. The van der Waals surface area contributed by atoms with Crippen molar-refractivity contribution in [2.75, 3.05) is 13.1 Å². The molecule has 0 aliphatic carbocycles. The summed E-state index contributed by atoms with van der Waals surface area (Å²) in [7, 11) is -3.58. The molecular formula is C18H24N2O5S. The van der Waals surface area contributed by atoms with Gasteiger partial charge in [0, 0.05) is 24.7 Å². The predicted molar refractivity (Wildman–Crippen MR) is 95.3 cm³/mol. The molecule has 3 rings (SSSR count).